The fourth-order valence-corrected chi connectivity index (χ4v) is 4.38. The molecule has 188 valence electrons. The number of esters is 4. The van der Waals surface area contributed by atoms with Crippen LogP contribution < -0.4 is 0 Å². The highest BCUT2D eigenvalue weighted by atomic mass is 16.6. The molecule has 0 saturated carbocycles. The van der Waals surface area contributed by atoms with E-state index in [-0.39, 0.29) is 47.3 Å². The summed E-state index contributed by atoms with van der Waals surface area (Å²) in [6.07, 6.45) is 0.0725. The van der Waals surface area contributed by atoms with Gasteiger partial charge < -0.3 is 24.1 Å². The molecule has 0 aromatic carbocycles. The fourth-order valence-electron chi connectivity index (χ4n) is 4.38. The van der Waals surface area contributed by atoms with E-state index >= 15 is 0 Å². The van der Waals surface area contributed by atoms with Crippen molar-refractivity contribution in [1.29, 1.82) is 0 Å². The van der Waals surface area contributed by atoms with Crippen LogP contribution >= 0.6 is 0 Å². The van der Waals surface area contributed by atoms with Gasteiger partial charge in [0.1, 0.15) is 29.6 Å². The average molecular weight is 488 g/mol. The van der Waals surface area contributed by atoms with Crippen LogP contribution in [0.5, 0.6) is 0 Å². The predicted molar refractivity (Wildman–Crippen MR) is 119 cm³/mol. The lowest BCUT2D eigenvalue weighted by Crippen LogP contribution is -2.38. The molecule has 3 aliphatic rings. The predicted octanol–water partition coefficient (Wildman–Crippen LogP) is 1.91. The van der Waals surface area contributed by atoms with E-state index in [2.05, 4.69) is 6.58 Å². The average Bonchev–Trinajstić information content (AvgIpc) is 3.14. The molecule has 1 aliphatic carbocycles. The van der Waals surface area contributed by atoms with E-state index < -0.39 is 53.6 Å². The zero-order chi connectivity index (χ0) is 26.3. The van der Waals surface area contributed by atoms with E-state index in [0.717, 1.165) is 0 Å². The van der Waals surface area contributed by atoms with Crippen molar-refractivity contribution in [1.82, 2.24) is 0 Å². The summed E-state index contributed by atoms with van der Waals surface area (Å²) in [5.41, 5.74) is -2.67. The monoisotopic (exact) mass is 488 g/mol. The molecular weight excluding hydrogens is 460 g/mol. The highest BCUT2D eigenvalue weighted by Gasteiger charge is 2.50. The Hall–Kier alpha value is -3.53. The topological polar surface area (TPSA) is 143 Å². The normalized spacial score (nSPS) is 29.9. The fraction of sp³-hybridized carbons (Fsp3) is 0.480. The Kier molecular flexibility index (Phi) is 6.90. The first-order valence-electron chi connectivity index (χ1n) is 11.0. The Balaban J connectivity index is 2.26. The first-order valence-corrected chi connectivity index (χ1v) is 11.0. The summed E-state index contributed by atoms with van der Waals surface area (Å²) in [6, 6.07) is 0. The molecule has 35 heavy (non-hydrogen) atoms. The Bertz CT molecular complexity index is 1130. The molecule has 3 atom stereocenters. The van der Waals surface area contributed by atoms with E-state index in [1.54, 1.807) is 6.92 Å². The van der Waals surface area contributed by atoms with Gasteiger partial charge in [0.2, 0.25) is 0 Å². The van der Waals surface area contributed by atoms with Crippen LogP contribution in [0.3, 0.4) is 0 Å². The lowest BCUT2D eigenvalue weighted by atomic mass is 9.79. The Morgan fingerprint density at radius 2 is 1.83 bits per heavy atom. The molecule has 1 N–H and O–H groups in total. The number of ether oxygens (including phenoxy) is 4. The third-order valence-corrected chi connectivity index (χ3v) is 6.09. The SMILES string of the molecule is C=C(C)C(=O)O[C@H]1C[C@@]2(C)OC(=O)C(C(C)=O)=C2CC[C@@](C)(O)/C=C2/OC(=O)C(COC(C)=O)=C21. The number of fused-ring (bicyclic) bond motifs is 2. The molecule has 0 amide bonds. The molecule has 10 nitrogen and oxygen atoms in total. The van der Waals surface area contributed by atoms with Gasteiger partial charge in [0, 0.05) is 24.5 Å². The molecule has 0 aromatic heterocycles. The second-order valence-corrected chi connectivity index (χ2v) is 9.34. The maximum atomic E-state index is 12.7. The number of carbonyl (C=O) groups is 5. The van der Waals surface area contributed by atoms with Gasteiger partial charge in [-0.15, -0.1) is 0 Å². The Morgan fingerprint density at radius 1 is 1.17 bits per heavy atom. The Morgan fingerprint density at radius 3 is 2.40 bits per heavy atom. The third-order valence-electron chi connectivity index (χ3n) is 6.09. The van der Waals surface area contributed by atoms with Gasteiger partial charge in [-0.1, -0.05) is 6.58 Å². The van der Waals surface area contributed by atoms with Crippen molar-refractivity contribution in [3.8, 4) is 0 Å². The van der Waals surface area contributed by atoms with Gasteiger partial charge in [0.25, 0.3) is 0 Å². The van der Waals surface area contributed by atoms with Crippen molar-refractivity contribution in [2.24, 2.45) is 0 Å². The minimum atomic E-state index is -1.56. The molecule has 10 heteroatoms. The van der Waals surface area contributed by atoms with Gasteiger partial charge in [-0.3, -0.25) is 9.59 Å². The van der Waals surface area contributed by atoms with Crippen LogP contribution in [-0.4, -0.2) is 58.7 Å². The van der Waals surface area contributed by atoms with Crippen LogP contribution in [0.15, 0.2) is 46.3 Å². The van der Waals surface area contributed by atoms with E-state index in [4.69, 9.17) is 18.9 Å². The second kappa shape index (κ2) is 9.26. The van der Waals surface area contributed by atoms with Crippen molar-refractivity contribution in [2.45, 2.75) is 71.2 Å². The van der Waals surface area contributed by atoms with Crippen LogP contribution in [0.1, 0.15) is 53.9 Å². The summed E-state index contributed by atoms with van der Waals surface area (Å²) < 4.78 is 21.7. The van der Waals surface area contributed by atoms with Crippen molar-refractivity contribution in [3.63, 3.8) is 0 Å². The second-order valence-electron chi connectivity index (χ2n) is 9.34. The lowest BCUT2D eigenvalue weighted by molar-refractivity contribution is -0.152. The molecule has 0 unspecified atom stereocenters. The number of aliphatic hydroxyl groups is 1. The van der Waals surface area contributed by atoms with Gasteiger partial charge >= 0.3 is 23.9 Å². The maximum Gasteiger partial charge on any atom is 0.343 e. The van der Waals surface area contributed by atoms with Crippen LogP contribution in [0, 0.1) is 0 Å². The number of hydrogen-bond donors (Lipinski definition) is 1. The number of ketones is 1. The molecule has 0 spiro atoms. The quantitative estimate of drug-likeness (QED) is 0.264. The van der Waals surface area contributed by atoms with Crippen molar-refractivity contribution in [3.05, 3.63) is 46.3 Å². The van der Waals surface area contributed by atoms with E-state index in [1.807, 2.05) is 0 Å². The minimum absolute atomic E-state index is 0.0613. The molecule has 0 bridgehead atoms. The van der Waals surface area contributed by atoms with Crippen molar-refractivity contribution >= 4 is 29.7 Å². The van der Waals surface area contributed by atoms with E-state index in [9.17, 15) is 29.1 Å². The highest BCUT2D eigenvalue weighted by molar-refractivity contribution is 6.18. The largest absolute Gasteiger partial charge is 0.461 e. The molecular formula is C25H28O10. The summed E-state index contributed by atoms with van der Waals surface area (Å²) in [5.74, 6) is -3.66. The van der Waals surface area contributed by atoms with Crippen molar-refractivity contribution in [2.75, 3.05) is 6.61 Å². The van der Waals surface area contributed by atoms with Crippen LogP contribution in [0.2, 0.25) is 0 Å². The van der Waals surface area contributed by atoms with Gasteiger partial charge in [0.15, 0.2) is 5.78 Å². The summed E-state index contributed by atoms with van der Waals surface area (Å²) in [4.78, 5) is 61.7. The van der Waals surface area contributed by atoms with Gasteiger partial charge in [0.05, 0.1) is 11.2 Å². The van der Waals surface area contributed by atoms with Gasteiger partial charge in [-0.2, -0.15) is 0 Å². The van der Waals surface area contributed by atoms with Crippen LogP contribution in [-0.2, 0) is 42.9 Å². The van der Waals surface area contributed by atoms with Crippen LogP contribution in [0.25, 0.3) is 0 Å². The Labute approximate surface area is 202 Å². The molecule has 3 rings (SSSR count). The number of carbonyl (C=O) groups excluding carboxylic acids is 5. The zero-order valence-corrected chi connectivity index (χ0v) is 20.3. The summed E-state index contributed by atoms with van der Waals surface area (Å²) in [5, 5.41) is 11.1. The summed E-state index contributed by atoms with van der Waals surface area (Å²) in [6.45, 7) is 9.99. The molecule has 0 radical (unpaired) electrons. The maximum absolute atomic E-state index is 12.7. The molecule has 0 saturated heterocycles. The van der Waals surface area contributed by atoms with Crippen molar-refractivity contribution < 1.29 is 48.0 Å². The molecule has 2 heterocycles. The first-order chi connectivity index (χ1) is 16.1. The highest BCUT2D eigenvalue weighted by Crippen LogP contribution is 2.45. The smallest absolute Gasteiger partial charge is 0.343 e. The van der Waals surface area contributed by atoms with Gasteiger partial charge in [-0.05, 0) is 52.2 Å². The molecule has 0 fully saturated rings. The number of hydrogen-bond acceptors (Lipinski definition) is 10. The number of rotatable bonds is 5. The first kappa shape index (κ1) is 26.1. The lowest BCUT2D eigenvalue weighted by Gasteiger charge is -2.34. The standard InChI is InChI=1S/C25H28O10/c1-12(2)21(28)33-18-10-25(6)16(19(13(3)26)23(30)35-25)7-8-24(5,31)9-17-20(18)15(22(29)34-17)11-32-14(4)27/h9,18,31H,1,7-8,10-11H2,2-6H3/b17-9+/t18-,24+,25+/m0/s1. The minimum Gasteiger partial charge on any atom is -0.461 e. The molecule has 2 aliphatic heterocycles. The van der Waals surface area contributed by atoms with E-state index in [1.165, 1.54) is 33.8 Å². The van der Waals surface area contributed by atoms with E-state index in [0.29, 0.717) is 5.57 Å². The van der Waals surface area contributed by atoms with Gasteiger partial charge in [-0.25, -0.2) is 14.4 Å². The summed E-state index contributed by atoms with van der Waals surface area (Å²) in [7, 11) is 0. The van der Waals surface area contributed by atoms with Crippen LogP contribution in [0.4, 0.5) is 0 Å². The number of Topliss-reactive ketones (excluding diaryl/α,β-unsaturated/α-hetero) is 1. The summed E-state index contributed by atoms with van der Waals surface area (Å²) >= 11 is 0. The third kappa shape index (κ3) is 5.27. The molecule has 0 aromatic rings. The zero-order valence-electron chi connectivity index (χ0n) is 20.3.